The zero-order valence-electron chi connectivity index (χ0n) is 9.99. The van der Waals surface area contributed by atoms with Crippen LogP contribution in [0.4, 0.5) is 0 Å². The third-order valence-electron chi connectivity index (χ3n) is 3.10. The van der Waals surface area contributed by atoms with Gasteiger partial charge in [0, 0.05) is 27.6 Å². The highest BCUT2D eigenvalue weighted by molar-refractivity contribution is 9.10. The number of rotatable bonds is 1. The average Bonchev–Trinajstić information content (AvgIpc) is 2.78. The molecule has 1 fully saturated rings. The summed E-state index contributed by atoms with van der Waals surface area (Å²) in [5.74, 6) is 0.00130. The van der Waals surface area contributed by atoms with Crippen molar-refractivity contribution in [1.29, 1.82) is 0 Å². The first-order valence-corrected chi connectivity index (χ1v) is 7.91. The number of hydrogen-bond acceptors (Lipinski definition) is 3. The predicted octanol–water partition coefficient (Wildman–Crippen LogP) is 3.79. The van der Waals surface area contributed by atoms with Crippen LogP contribution in [0.25, 0.3) is 10.1 Å². The molecule has 1 aromatic heterocycles. The summed E-state index contributed by atoms with van der Waals surface area (Å²) < 4.78 is 7.21. The van der Waals surface area contributed by atoms with Crippen molar-refractivity contribution in [3.63, 3.8) is 0 Å². The second kappa shape index (κ2) is 5.40. The molecular formula is C13H11BrClNO2S. The number of thiophene rings is 1. The van der Waals surface area contributed by atoms with E-state index in [-0.39, 0.29) is 5.91 Å². The van der Waals surface area contributed by atoms with Crippen molar-refractivity contribution in [2.24, 2.45) is 0 Å². The van der Waals surface area contributed by atoms with Crippen LogP contribution in [0, 0.1) is 0 Å². The first-order chi connectivity index (χ1) is 9.18. The molecule has 0 radical (unpaired) electrons. The van der Waals surface area contributed by atoms with Gasteiger partial charge in [0.1, 0.15) is 4.88 Å². The van der Waals surface area contributed by atoms with Crippen molar-refractivity contribution in [3.05, 3.63) is 32.6 Å². The lowest BCUT2D eigenvalue weighted by atomic mass is 10.2. The highest BCUT2D eigenvalue weighted by Gasteiger charge is 2.24. The Morgan fingerprint density at radius 3 is 2.79 bits per heavy atom. The molecule has 19 heavy (non-hydrogen) atoms. The number of hydrogen-bond donors (Lipinski definition) is 0. The summed E-state index contributed by atoms with van der Waals surface area (Å²) >= 11 is 11.3. The van der Waals surface area contributed by atoms with Gasteiger partial charge in [-0.15, -0.1) is 11.3 Å². The van der Waals surface area contributed by atoms with Crippen molar-refractivity contribution >= 4 is 54.9 Å². The number of fused-ring (bicyclic) bond motifs is 1. The molecule has 1 aliphatic rings. The van der Waals surface area contributed by atoms with Crippen molar-refractivity contribution in [3.8, 4) is 0 Å². The molecular weight excluding hydrogens is 350 g/mol. The molecule has 0 atom stereocenters. The molecule has 100 valence electrons. The number of carbonyl (C=O) groups is 1. The van der Waals surface area contributed by atoms with Crippen molar-refractivity contribution in [2.75, 3.05) is 26.3 Å². The minimum atomic E-state index is 0.00130. The van der Waals surface area contributed by atoms with Crippen LogP contribution < -0.4 is 0 Å². The van der Waals surface area contributed by atoms with Gasteiger partial charge in [0.25, 0.3) is 5.91 Å². The van der Waals surface area contributed by atoms with Gasteiger partial charge in [-0.2, -0.15) is 0 Å². The van der Waals surface area contributed by atoms with Gasteiger partial charge < -0.3 is 9.64 Å². The number of nitrogens with zero attached hydrogens (tertiary/aromatic N) is 1. The van der Waals surface area contributed by atoms with Gasteiger partial charge in [-0.1, -0.05) is 33.6 Å². The molecule has 2 heterocycles. The number of ether oxygens (including phenoxy) is 1. The molecule has 0 spiro atoms. The van der Waals surface area contributed by atoms with Crippen LogP contribution in [-0.4, -0.2) is 37.1 Å². The minimum Gasteiger partial charge on any atom is -0.378 e. The molecule has 1 amide bonds. The van der Waals surface area contributed by atoms with E-state index in [0.717, 1.165) is 14.6 Å². The number of morpholine rings is 1. The molecule has 3 rings (SSSR count). The first kappa shape index (κ1) is 13.4. The van der Waals surface area contributed by atoms with E-state index in [1.54, 1.807) is 4.90 Å². The molecule has 0 saturated carbocycles. The van der Waals surface area contributed by atoms with Gasteiger partial charge in [0.2, 0.25) is 0 Å². The van der Waals surface area contributed by atoms with E-state index in [0.29, 0.717) is 36.2 Å². The van der Waals surface area contributed by atoms with Crippen LogP contribution in [0.2, 0.25) is 5.02 Å². The van der Waals surface area contributed by atoms with Gasteiger partial charge in [0.15, 0.2) is 0 Å². The molecule has 0 bridgehead atoms. The average molecular weight is 361 g/mol. The van der Waals surface area contributed by atoms with E-state index >= 15 is 0 Å². The van der Waals surface area contributed by atoms with E-state index in [9.17, 15) is 4.79 Å². The maximum absolute atomic E-state index is 12.5. The third-order valence-corrected chi connectivity index (χ3v) is 5.39. The Morgan fingerprint density at radius 1 is 1.37 bits per heavy atom. The summed E-state index contributed by atoms with van der Waals surface area (Å²) in [6, 6.07) is 5.86. The van der Waals surface area contributed by atoms with Gasteiger partial charge in [-0.25, -0.2) is 0 Å². The number of benzene rings is 1. The van der Waals surface area contributed by atoms with Crippen LogP contribution in [0.15, 0.2) is 22.7 Å². The van der Waals surface area contributed by atoms with Gasteiger partial charge >= 0.3 is 0 Å². The number of carbonyl (C=O) groups excluding carboxylic acids is 1. The SMILES string of the molecule is O=C(c1sc2cccc(Br)c2c1Cl)N1CCOCC1. The molecule has 2 aromatic rings. The summed E-state index contributed by atoms with van der Waals surface area (Å²) in [6.07, 6.45) is 0. The van der Waals surface area contributed by atoms with Gasteiger partial charge in [-0.3, -0.25) is 4.79 Å². The van der Waals surface area contributed by atoms with Crippen LogP contribution in [-0.2, 0) is 4.74 Å². The van der Waals surface area contributed by atoms with E-state index < -0.39 is 0 Å². The zero-order chi connectivity index (χ0) is 13.4. The van der Waals surface area contributed by atoms with E-state index in [1.807, 2.05) is 18.2 Å². The maximum atomic E-state index is 12.5. The van der Waals surface area contributed by atoms with E-state index in [2.05, 4.69) is 15.9 Å². The van der Waals surface area contributed by atoms with E-state index in [1.165, 1.54) is 11.3 Å². The van der Waals surface area contributed by atoms with Gasteiger partial charge in [-0.05, 0) is 12.1 Å². The Hall–Kier alpha value is -0.620. The van der Waals surface area contributed by atoms with Crippen molar-refractivity contribution < 1.29 is 9.53 Å². The number of halogens is 2. The highest BCUT2D eigenvalue weighted by atomic mass is 79.9. The Kier molecular flexibility index (Phi) is 3.80. The maximum Gasteiger partial charge on any atom is 0.265 e. The van der Waals surface area contributed by atoms with Crippen molar-refractivity contribution in [1.82, 2.24) is 4.90 Å². The quantitative estimate of drug-likeness (QED) is 0.774. The monoisotopic (exact) mass is 359 g/mol. The Labute approximate surface area is 128 Å². The third kappa shape index (κ3) is 2.40. The fourth-order valence-corrected chi connectivity index (χ4v) is 4.47. The second-order valence-electron chi connectivity index (χ2n) is 4.26. The number of amides is 1. The molecule has 1 aliphatic heterocycles. The minimum absolute atomic E-state index is 0.00130. The summed E-state index contributed by atoms with van der Waals surface area (Å²) in [5, 5.41) is 1.47. The summed E-state index contributed by atoms with van der Waals surface area (Å²) in [6.45, 7) is 2.45. The fourth-order valence-electron chi connectivity index (χ4n) is 2.12. The van der Waals surface area contributed by atoms with Crippen LogP contribution in [0.1, 0.15) is 9.67 Å². The largest absolute Gasteiger partial charge is 0.378 e. The summed E-state index contributed by atoms with van der Waals surface area (Å²) in [5.41, 5.74) is 0. The Morgan fingerprint density at radius 2 is 2.11 bits per heavy atom. The van der Waals surface area contributed by atoms with E-state index in [4.69, 9.17) is 16.3 Å². The predicted molar refractivity (Wildman–Crippen MR) is 81.3 cm³/mol. The molecule has 3 nitrogen and oxygen atoms in total. The second-order valence-corrected chi connectivity index (χ2v) is 6.55. The molecule has 0 unspecified atom stereocenters. The van der Waals surface area contributed by atoms with Crippen molar-refractivity contribution in [2.45, 2.75) is 0 Å². The van der Waals surface area contributed by atoms with Crippen LogP contribution >= 0.6 is 38.9 Å². The Balaban J connectivity index is 2.03. The van der Waals surface area contributed by atoms with Crippen LogP contribution in [0.5, 0.6) is 0 Å². The summed E-state index contributed by atoms with van der Waals surface area (Å²) in [7, 11) is 0. The zero-order valence-corrected chi connectivity index (χ0v) is 13.1. The van der Waals surface area contributed by atoms with Gasteiger partial charge in [0.05, 0.1) is 18.2 Å². The smallest absolute Gasteiger partial charge is 0.265 e. The van der Waals surface area contributed by atoms with Crippen LogP contribution in [0.3, 0.4) is 0 Å². The molecule has 0 aliphatic carbocycles. The molecule has 6 heteroatoms. The lowest BCUT2D eigenvalue weighted by molar-refractivity contribution is 0.0306. The first-order valence-electron chi connectivity index (χ1n) is 5.92. The highest BCUT2D eigenvalue weighted by Crippen LogP contribution is 2.40. The lowest BCUT2D eigenvalue weighted by Gasteiger charge is -2.26. The normalized spacial score (nSPS) is 16.0. The topological polar surface area (TPSA) is 29.5 Å². The molecule has 0 N–H and O–H groups in total. The lowest BCUT2D eigenvalue weighted by Crippen LogP contribution is -2.40. The molecule has 1 saturated heterocycles. The summed E-state index contributed by atoms with van der Waals surface area (Å²) in [4.78, 5) is 14.9. The standard InChI is InChI=1S/C13H11BrClNO2S/c14-8-2-1-3-9-10(8)11(15)12(19-9)13(17)16-4-6-18-7-5-16/h1-3H,4-7H2. The molecule has 1 aromatic carbocycles. The Bertz CT molecular complexity index is 637. The fraction of sp³-hybridized carbons (Fsp3) is 0.308.